The number of thiophene rings is 1. The number of amides is 1. The lowest BCUT2D eigenvalue weighted by molar-refractivity contribution is 0.0801. The number of hydrogen-bond acceptors (Lipinski definition) is 3. The van der Waals surface area contributed by atoms with E-state index in [1.165, 1.54) is 16.9 Å². The Morgan fingerprint density at radius 1 is 1.56 bits per heavy atom. The zero-order valence-electron chi connectivity index (χ0n) is 9.88. The van der Waals surface area contributed by atoms with Crippen LogP contribution in [0.2, 0.25) is 0 Å². The molecule has 1 aromatic heterocycles. The van der Waals surface area contributed by atoms with Gasteiger partial charge in [-0.15, -0.1) is 11.3 Å². The van der Waals surface area contributed by atoms with Gasteiger partial charge in [0.1, 0.15) is 0 Å². The fourth-order valence-corrected chi connectivity index (χ4v) is 3.25. The minimum Gasteiger partial charge on any atom is -0.340 e. The molecule has 0 spiro atoms. The van der Waals surface area contributed by atoms with Crippen molar-refractivity contribution >= 4 is 17.2 Å². The summed E-state index contributed by atoms with van der Waals surface area (Å²) in [6.07, 6.45) is 3.57. The SMILES string of the molecule is CNCCN(C)C(=O)c1cc2c(s1)CCC2. The number of nitrogens with zero attached hydrogens (tertiary/aromatic N) is 1. The lowest BCUT2D eigenvalue weighted by Gasteiger charge is -2.15. The van der Waals surface area contributed by atoms with Gasteiger partial charge < -0.3 is 10.2 Å². The molecule has 1 heterocycles. The van der Waals surface area contributed by atoms with Crippen LogP contribution < -0.4 is 5.32 Å². The first kappa shape index (κ1) is 11.6. The van der Waals surface area contributed by atoms with Gasteiger partial charge >= 0.3 is 0 Å². The lowest BCUT2D eigenvalue weighted by Crippen LogP contribution is -2.32. The molecule has 16 heavy (non-hydrogen) atoms. The number of carbonyl (C=O) groups excluding carboxylic acids is 1. The Labute approximate surface area is 100 Å². The lowest BCUT2D eigenvalue weighted by atomic mass is 10.2. The molecule has 0 aromatic carbocycles. The van der Waals surface area contributed by atoms with Gasteiger partial charge in [-0.05, 0) is 37.9 Å². The molecule has 2 rings (SSSR count). The van der Waals surface area contributed by atoms with Crippen LogP contribution in [-0.2, 0) is 12.8 Å². The Morgan fingerprint density at radius 2 is 2.38 bits per heavy atom. The third-order valence-corrected chi connectivity index (χ3v) is 4.23. The Bertz CT molecular complexity index is 365. The number of likely N-dealkylation sites (N-methyl/N-ethyl adjacent to an activating group) is 2. The van der Waals surface area contributed by atoms with Crippen LogP contribution in [0.3, 0.4) is 0 Å². The summed E-state index contributed by atoms with van der Waals surface area (Å²) >= 11 is 1.68. The smallest absolute Gasteiger partial charge is 0.263 e. The maximum absolute atomic E-state index is 12.1. The van der Waals surface area contributed by atoms with Crippen LogP contribution in [0.5, 0.6) is 0 Å². The Morgan fingerprint density at radius 3 is 3.06 bits per heavy atom. The number of rotatable bonds is 4. The van der Waals surface area contributed by atoms with Crippen molar-refractivity contribution < 1.29 is 4.79 Å². The maximum atomic E-state index is 12.1. The van der Waals surface area contributed by atoms with Crippen molar-refractivity contribution in [2.24, 2.45) is 0 Å². The zero-order chi connectivity index (χ0) is 11.5. The molecule has 0 radical (unpaired) electrons. The zero-order valence-corrected chi connectivity index (χ0v) is 10.7. The van der Waals surface area contributed by atoms with E-state index in [1.54, 1.807) is 16.2 Å². The molecular weight excluding hydrogens is 220 g/mol. The average molecular weight is 238 g/mol. The van der Waals surface area contributed by atoms with Gasteiger partial charge in [-0.25, -0.2) is 0 Å². The molecule has 4 heteroatoms. The number of hydrogen-bond donors (Lipinski definition) is 1. The number of aryl methyl sites for hydroxylation is 2. The summed E-state index contributed by atoms with van der Waals surface area (Å²) in [4.78, 5) is 16.2. The van der Waals surface area contributed by atoms with Crippen molar-refractivity contribution in [3.05, 3.63) is 21.4 Å². The Hall–Kier alpha value is -0.870. The second kappa shape index (κ2) is 4.97. The third-order valence-electron chi connectivity index (χ3n) is 3.00. The van der Waals surface area contributed by atoms with Crippen LogP contribution in [0, 0.1) is 0 Å². The van der Waals surface area contributed by atoms with E-state index in [9.17, 15) is 4.79 Å². The molecule has 0 atom stereocenters. The minimum atomic E-state index is 0.162. The largest absolute Gasteiger partial charge is 0.340 e. The standard InChI is InChI=1S/C12H18N2OS/c1-13-6-7-14(2)12(15)11-8-9-4-3-5-10(9)16-11/h8,13H,3-7H2,1-2H3. The van der Waals surface area contributed by atoms with E-state index in [-0.39, 0.29) is 5.91 Å². The van der Waals surface area contributed by atoms with E-state index < -0.39 is 0 Å². The summed E-state index contributed by atoms with van der Waals surface area (Å²) in [6, 6.07) is 2.09. The topological polar surface area (TPSA) is 32.3 Å². The van der Waals surface area contributed by atoms with E-state index in [4.69, 9.17) is 0 Å². The van der Waals surface area contributed by atoms with E-state index in [0.717, 1.165) is 30.8 Å². The van der Waals surface area contributed by atoms with Crippen LogP contribution in [0.15, 0.2) is 6.07 Å². The molecule has 0 aliphatic heterocycles. The van der Waals surface area contributed by atoms with Crippen LogP contribution in [0.1, 0.15) is 26.5 Å². The van der Waals surface area contributed by atoms with Crippen LogP contribution in [-0.4, -0.2) is 38.0 Å². The Balaban J connectivity index is 2.03. The monoisotopic (exact) mass is 238 g/mol. The molecule has 1 aliphatic carbocycles. The highest BCUT2D eigenvalue weighted by molar-refractivity contribution is 7.14. The van der Waals surface area contributed by atoms with Crippen LogP contribution in [0.4, 0.5) is 0 Å². The summed E-state index contributed by atoms with van der Waals surface area (Å²) in [7, 11) is 3.77. The molecule has 0 saturated carbocycles. The minimum absolute atomic E-state index is 0.162. The van der Waals surface area contributed by atoms with Gasteiger partial charge in [0.15, 0.2) is 0 Å². The van der Waals surface area contributed by atoms with Crippen molar-refractivity contribution in [1.82, 2.24) is 10.2 Å². The van der Waals surface area contributed by atoms with Gasteiger partial charge in [-0.3, -0.25) is 4.79 Å². The maximum Gasteiger partial charge on any atom is 0.263 e. The molecule has 1 amide bonds. The highest BCUT2D eigenvalue weighted by Crippen LogP contribution is 2.30. The van der Waals surface area contributed by atoms with E-state index in [1.807, 2.05) is 14.1 Å². The molecule has 0 bridgehead atoms. The van der Waals surface area contributed by atoms with Gasteiger partial charge in [-0.1, -0.05) is 0 Å². The van der Waals surface area contributed by atoms with E-state index >= 15 is 0 Å². The van der Waals surface area contributed by atoms with Crippen molar-refractivity contribution in [2.75, 3.05) is 27.2 Å². The number of fused-ring (bicyclic) bond motifs is 1. The number of nitrogens with one attached hydrogen (secondary N) is 1. The van der Waals surface area contributed by atoms with Crippen molar-refractivity contribution in [2.45, 2.75) is 19.3 Å². The summed E-state index contributed by atoms with van der Waals surface area (Å²) in [5.41, 5.74) is 1.40. The first-order chi connectivity index (χ1) is 7.72. The fourth-order valence-electron chi connectivity index (χ4n) is 2.00. The quantitative estimate of drug-likeness (QED) is 0.862. The first-order valence-corrected chi connectivity index (χ1v) is 6.55. The highest BCUT2D eigenvalue weighted by atomic mass is 32.1. The van der Waals surface area contributed by atoms with Crippen LogP contribution in [0.25, 0.3) is 0 Å². The van der Waals surface area contributed by atoms with Crippen molar-refractivity contribution in [3.8, 4) is 0 Å². The molecule has 1 N–H and O–H groups in total. The fraction of sp³-hybridized carbons (Fsp3) is 0.583. The van der Waals surface area contributed by atoms with Gasteiger partial charge in [0.05, 0.1) is 4.88 Å². The van der Waals surface area contributed by atoms with Crippen molar-refractivity contribution in [1.29, 1.82) is 0 Å². The summed E-state index contributed by atoms with van der Waals surface area (Å²) in [6.45, 7) is 1.60. The summed E-state index contributed by atoms with van der Waals surface area (Å²) < 4.78 is 0. The molecule has 3 nitrogen and oxygen atoms in total. The second-order valence-corrected chi connectivity index (χ2v) is 5.38. The normalized spacial score (nSPS) is 13.9. The molecule has 88 valence electrons. The van der Waals surface area contributed by atoms with Gasteiger partial charge in [0.25, 0.3) is 5.91 Å². The highest BCUT2D eigenvalue weighted by Gasteiger charge is 2.20. The van der Waals surface area contributed by atoms with Gasteiger partial charge in [0.2, 0.25) is 0 Å². The predicted octanol–water partition coefficient (Wildman–Crippen LogP) is 1.53. The summed E-state index contributed by atoms with van der Waals surface area (Å²) in [5, 5.41) is 3.05. The van der Waals surface area contributed by atoms with Crippen LogP contribution >= 0.6 is 11.3 Å². The second-order valence-electron chi connectivity index (χ2n) is 4.24. The van der Waals surface area contributed by atoms with Gasteiger partial charge in [0, 0.05) is 25.0 Å². The van der Waals surface area contributed by atoms with Gasteiger partial charge in [-0.2, -0.15) is 0 Å². The third kappa shape index (κ3) is 2.28. The molecular formula is C12H18N2OS. The number of carbonyl (C=O) groups is 1. The molecule has 0 unspecified atom stereocenters. The van der Waals surface area contributed by atoms with Crippen molar-refractivity contribution in [3.63, 3.8) is 0 Å². The molecule has 1 aromatic rings. The molecule has 1 aliphatic rings. The first-order valence-electron chi connectivity index (χ1n) is 5.74. The summed E-state index contributed by atoms with van der Waals surface area (Å²) in [5.74, 6) is 0.162. The van der Waals surface area contributed by atoms with E-state index in [0.29, 0.717) is 0 Å². The molecule has 0 fully saturated rings. The van der Waals surface area contributed by atoms with E-state index in [2.05, 4.69) is 11.4 Å². The Kier molecular flexibility index (Phi) is 3.61. The average Bonchev–Trinajstić information content (AvgIpc) is 2.84. The predicted molar refractivity (Wildman–Crippen MR) is 67.2 cm³/mol. The molecule has 0 saturated heterocycles.